The molecule has 1 unspecified atom stereocenters. The number of benzene rings is 1. The average Bonchev–Trinajstić information content (AvgIpc) is 3.14. The predicted molar refractivity (Wildman–Crippen MR) is 134 cm³/mol. The minimum Gasteiger partial charge on any atom is -0.489 e. The molecule has 0 amide bonds. The first-order valence-corrected chi connectivity index (χ1v) is 13.8. The highest BCUT2D eigenvalue weighted by Gasteiger charge is 2.12. The highest BCUT2D eigenvalue weighted by atomic mass is 127. The second-order valence-corrected chi connectivity index (χ2v) is 9.27. The third-order valence-corrected chi connectivity index (χ3v) is 6.94. The van der Waals surface area contributed by atoms with Crippen LogP contribution in [0.15, 0.2) is 42.7 Å². The largest absolute Gasteiger partial charge is 0.489 e. The average molecular weight is 600 g/mol. The molecule has 3 aromatic heterocycles. The van der Waals surface area contributed by atoms with E-state index in [-0.39, 0.29) is 12.3 Å². The standard InChI is InChI=1S/C20H13Cl2IN5O3P/c21-15-8-24-9-16(22)14(15)10-31-12-3-6-19-13(7-12)17(27-28(19)32-23)4-1-11-2-5-18(20(29)30)26-25-11/h1-9,32H,10H2,(H,29,30)/b4-1+. The summed E-state index contributed by atoms with van der Waals surface area (Å²) >= 11 is 14.6. The minimum absolute atomic E-state index is 0.112. The van der Waals surface area contributed by atoms with Gasteiger partial charge in [-0.3, -0.25) is 4.98 Å². The van der Waals surface area contributed by atoms with E-state index in [1.54, 1.807) is 18.2 Å². The van der Waals surface area contributed by atoms with Crippen molar-refractivity contribution in [2.24, 2.45) is 0 Å². The molecule has 0 aliphatic heterocycles. The lowest BCUT2D eigenvalue weighted by Gasteiger charge is -2.09. The highest BCUT2D eigenvalue weighted by molar-refractivity contribution is 14.2. The van der Waals surface area contributed by atoms with Crippen LogP contribution in [0, 0.1) is 0 Å². The van der Waals surface area contributed by atoms with Crippen molar-refractivity contribution in [2.75, 3.05) is 0 Å². The van der Waals surface area contributed by atoms with Crippen molar-refractivity contribution in [2.45, 2.75) is 6.61 Å². The van der Waals surface area contributed by atoms with Crippen molar-refractivity contribution in [1.82, 2.24) is 24.7 Å². The number of nitrogens with zero attached hydrogens (tertiary/aromatic N) is 5. The third-order valence-electron chi connectivity index (χ3n) is 4.41. The number of aromatic nitrogens is 5. The molecule has 0 saturated heterocycles. The Bertz CT molecular complexity index is 1310. The summed E-state index contributed by atoms with van der Waals surface area (Å²) in [4.78, 5) is 14.9. The molecule has 0 radical (unpaired) electrons. The zero-order valence-electron chi connectivity index (χ0n) is 16.0. The molecule has 0 fully saturated rings. The van der Waals surface area contributed by atoms with E-state index in [4.69, 9.17) is 33.0 Å². The Kier molecular flexibility index (Phi) is 7.20. The molecule has 0 bridgehead atoms. The molecule has 8 nitrogen and oxygen atoms in total. The molecule has 162 valence electrons. The number of pyridine rings is 1. The van der Waals surface area contributed by atoms with Crippen LogP contribution < -0.4 is 4.74 Å². The number of carboxylic acid groups (broad SMARTS) is 1. The highest BCUT2D eigenvalue weighted by Crippen LogP contribution is 2.33. The van der Waals surface area contributed by atoms with Crippen LogP contribution in [0.4, 0.5) is 0 Å². The van der Waals surface area contributed by atoms with Gasteiger partial charge in [0.25, 0.3) is 0 Å². The third kappa shape index (κ3) is 5.01. The Balaban J connectivity index is 1.62. The molecule has 3 heterocycles. The monoisotopic (exact) mass is 599 g/mol. The number of aromatic carboxylic acids is 1. The zero-order valence-corrected chi connectivity index (χ0v) is 20.7. The van der Waals surface area contributed by atoms with E-state index >= 15 is 0 Å². The van der Waals surface area contributed by atoms with Gasteiger partial charge in [-0.15, -0.1) is 5.10 Å². The van der Waals surface area contributed by atoms with Crippen LogP contribution >= 0.6 is 51.6 Å². The van der Waals surface area contributed by atoms with Gasteiger partial charge in [0.1, 0.15) is 12.4 Å². The van der Waals surface area contributed by atoms with Gasteiger partial charge in [0, 0.05) is 23.3 Å². The number of halogens is 3. The van der Waals surface area contributed by atoms with Gasteiger partial charge in [-0.25, -0.2) is 9.25 Å². The smallest absolute Gasteiger partial charge is 0.356 e. The van der Waals surface area contributed by atoms with Gasteiger partial charge < -0.3 is 9.84 Å². The second-order valence-electron chi connectivity index (χ2n) is 6.41. The van der Waals surface area contributed by atoms with E-state index in [0.717, 1.165) is 16.6 Å². The zero-order chi connectivity index (χ0) is 22.7. The minimum atomic E-state index is -1.12. The van der Waals surface area contributed by atoms with Crippen molar-refractivity contribution in [3.63, 3.8) is 0 Å². The topological polar surface area (TPSA) is 103 Å². The Hall–Kier alpha value is -2.33. The molecular weight excluding hydrogens is 587 g/mol. The van der Waals surface area contributed by atoms with Crippen molar-refractivity contribution < 1.29 is 14.6 Å². The summed E-state index contributed by atoms with van der Waals surface area (Å²) in [5, 5.41) is 23.0. The summed E-state index contributed by atoms with van der Waals surface area (Å²) in [5.41, 5.74) is 2.75. The van der Waals surface area contributed by atoms with Crippen LogP contribution in [0.3, 0.4) is 0 Å². The first-order chi connectivity index (χ1) is 15.5. The number of fused-ring (bicyclic) bond motifs is 1. The molecular formula is C20H13Cl2IN5O3P. The normalized spacial score (nSPS) is 11.7. The first-order valence-electron chi connectivity index (χ1n) is 9.01. The molecule has 12 heteroatoms. The van der Waals surface area contributed by atoms with Gasteiger partial charge in [0.2, 0.25) is 0 Å². The maximum atomic E-state index is 10.9. The number of rotatable bonds is 7. The summed E-state index contributed by atoms with van der Waals surface area (Å²) in [7, 11) is 0. The van der Waals surface area contributed by atoms with Gasteiger partial charge in [0.15, 0.2) is 5.69 Å². The van der Waals surface area contributed by atoms with Crippen LogP contribution in [0.25, 0.3) is 23.1 Å². The van der Waals surface area contributed by atoms with Gasteiger partial charge in [-0.2, -0.15) is 10.2 Å². The molecule has 1 atom stereocenters. The number of ether oxygens (including phenoxy) is 1. The second kappa shape index (κ2) is 10.1. The fraction of sp³-hybridized carbons (Fsp3) is 0.0500. The Morgan fingerprint density at radius 3 is 2.59 bits per heavy atom. The number of carboxylic acids is 1. The van der Waals surface area contributed by atoms with Crippen LogP contribution in [-0.2, 0) is 6.61 Å². The molecule has 0 aliphatic carbocycles. The fourth-order valence-corrected chi connectivity index (χ4v) is 4.85. The molecule has 0 spiro atoms. The number of hydrogen-bond acceptors (Lipinski definition) is 6. The lowest BCUT2D eigenvalue weighted by Crippen LogP contribution is -2.01. The Morgan fingerprint density at radius 1 is 1.16 bits per heavy atom. The van der Waals surface area contributed by atoms with Crippen molar-refractivity contribution in [3.05, 3.63) is 75.4 Å². The van der Waals surface area contributed by atoms with E-state index in [1.165, 1.54) is 18.5 Å². The molecule has 1 aromatic carbocycles. The Labute approximate surface area is 206 Å². The van der Waals surface area contributed by atoms with Crippen LogP contribution in [-0.4, -0.2) is 35.8 Å². The summed E-state index contributed by atoms with van der Waals surface area (Å²) in [6, 6.07) is 8.70. The SMILES string of the molecule is O=C(O)c1ccc(/C=C/c2nn(PI)c3ccc(OCc4c(Cl)cncc4Cl)cc23)nn1. The quantitative estimate of drug-likeness (QED) is 0.213. The maximum Gasteiger partial charge on any atom is 0.356 e. The summed E-state index contributed by atoms with van der Waals surface area (Å²) in [5.74, 6) is -0.485. The van der Waals surface area contributed by atoms with Crippen LogP contribution in [0.1, 0.15) is 27.4 Å². The van der Waals surface area contributed by atoms with E-state index in [1.807, 2.05) is 22.7 Å². The van der Waals surface area contributed by atoms with E-state index in [9.17, 15) is 4.79 Å². The Morgan fingerprint density at radius 2 is 1.94 bits per heavy atom. The maximum absolute atomic E-state index is 10.9. The van der Waals surface area contributed by atoms with Gasteiger partial charge in [-0.1, -0.05) is 23.2 Å². The van der Waals surface area contributed by atoms with Crippen molar-refractivity contribution in [1.29, 1.82) is 0 Å². The molecule has 1 N–H and O–H groups in total. The van der Waals surface area contributed by atoms with E-state index < -0.39 is 5.97 Å². The molecule has 0 aliphatic rings. The summed E-state index contributed by atoms with van der Waals surface area (Å²) in [6.45, 7) is 0.199. The molecule has 0 saturated carbocycles. The predicted octanol–water partition coefficient (Wildman–Crippen LogP) is 5.77. The fourth-order valence-electron chi connectivity index (χ4n) is 2.84. The number of hydrogen-bond donors (Lipinski definition) is 1. The number of carbonyl (C=O) groups is 1. The van der Waals surface area contributed by atoms with E-state index in [2.05, 4.69) is 42.3 Å². The van der Waals surface area contributed by atoms with Gasteiger partial charge in [0.05, 0.1) is 33.3 Å². The molecule has 4 aromatic rings. The van der Waals surface area contributed by atoms with Crippen molar-refractivity contribution in [3.8, 4) is 5.75 Å². The summed E-state index contributed by atoms with van der Waals surface area (Å²) in [6.07, 6.45) is 6.99. The van der Waals surface area contributed by atoms with Crippen molar-refractivity contribution >= 4 is 80.6 Å². The lowest BCUT2D eigenvalue weighted by molar-refractivity contribution is 0.0689. The summed E-state index contributed by atoms with van der Waals surface area (Å²) < 4.78 is 7.82. The van der Waals surface area contributed by atoms with Gasteiger partial charge in [-0.05, 0) is 64.5 Å². The van der Waals surface area contributed by atoms with Crippen LogP contribution in [0.5, 0.6) is 5.75 Å². The van der Waals surface area contributed by atoms with Crippen LogP contribution in [0.2, 0.25) is 10.0 Å². The first kappa shape index (κ1) is 22.8. The molecule has 4 rings (SSSR count). The lowest BCUT2D eigenvalue weighted by atomic mass is 10.2. The van der Waals surface area contributed by atoms with Gasteiger partial charge >= 0.3 is 5.97 Å². The van der Waals surface area contributed by atoms with E-state index in [0.29, 0.717) is 33.4 Å². The molecule has 32 heavy (non-hydrogen) atoms.